The second kappa shape index (κ2) is 5.11. The Morgan fingerprint density at radius 3 is 2.31 bits per heavy atom. The molecule has 1 heterocycles. The van der Waals surface area contributed by atoms with Crippen LogP contribution in [0.1, 0.15) is 5.56 Å². The maximum Gasteiger partial charge on any atom is 0.129 e. The lowest BCUT2D eigenvalue weighted by molar-refractivity contribution is 0.0831. The number of rotatable bonds is 5. The van der Waals surface area contributed by atoms with E-state index in [2.05, 4.69) is 10.3 Å². The standard InChI is InChI=1S/C10H17N3O3/c1-7-2-8(11)3-12-9(7)13-10(4-14,5-15)6-16/h2-3,14-16H,4-6,11H2,1H3,(H,12,13). The molecule has 6 N–H and O–H groups in total. The molecule has 0 bridgehead atoms. The van der Waals surface area contributed by atoms with Crippen LogP contribution in [0.3, 0.4) is 0 Å². The third kappa shape index (κ3) is 2.60. The second-order valence-electron chi connectivity index (χ2n) is 3.81. The van der Waals surface area contributed by atoms with E-state index in [9.17, 15) is 0 Å². The second-order valence-corrected chi connectivity index (χ2v) is 3.81. The van der Waals surface area contributed by atoms with Gasteiger partial charge in [-0.25, -0.2) is 4.98 Å². The van der Waals surface area contributed by atoms with Crippen molar-refractivity contribution in [2.75, 3.05) is 30.9 Å². The number of aliphatic hydroxyl groups excluding tert-OH is 3. The molecule has 0 aliphatic heterocycles. The van der Waals surface area contributed by atoms with Gasteiger partial charge in [-0.1, -0.05) is 0 Å². The molecular weight excluding hydrogens is 210 g/mol. The zero-order chi connectivity index (χ0) is 12.2. The van der Waals surface area contributed by atoms with Gasteiger partial charge >= 0.3 is 0 Å². The van der Waals surface area contributed by atoms with Gasteiger partial charge in [-0.15, -0.1) is 0 Å². The van der Waals surface area contributed by atoms with E-state index in [1.54, 1.807) is 13.0 Å². The summed E-state index contributed by atoms with van der Waals surface area (Å²) >= 11 is 0. The molecule has 16 heavy (non-hydrogen) atoms. The van der Waals surface area contributed by atoms with Gasteiger partial charge in [0.2, 0.25) is 0 Å². The fourth-order valence-corrected chi connectivity index (χ4v) is 1.25. The lowest BCUT2D eigenvalue weighted by Crippen LogP contribution is -2.49. The van der Waals surface area contributed by atoms with E-state index < -0.39 is 25.4 Å². The number of aromatic nitrogens is 1. The van der Waals surface area contributed by atoms with E-state index in [1.165, 1.54) is 6.20 Å². The number of nitrogens with one attached hydrogen (secondary N) is 1. The van der Waals surface area contributed by atoms with Gasteiger partial charge in [-0.05, 0) is 18.6 Å². The first-order valence-corrected chi connectivity index (χ1v) is 4.90. The number of pyridine rings is 1. The number of hydrogen-bond donors (Lipinski definition) is 5. The molecule has 1 aromatic rings. The molecule has 0 fully saturated rings. The summed E-state index contributed by atoms with van der Waals surface area (Å²) in [6.45, 7) is 0.602. The molecule has 1 aromatic heterocycles. The van der Waals surface area contributed by atoms with Gasteiger partial charge < -0.3 is 26.4 Å². The SMILES string of the molecule is Cc1cc(N)cnc1NC(CO)(CO)CO. The Bertz CT molecular complexity index is 345. The molecule has 0 saturated carbocycles. The largest absolute Gasteiger partial charge is 0.397 e. The summed E-state index contributed by atoms with van der Waals surface area (Å²) in [4.78, 5) is 4.04. The normalized spacial score (nSPS) is 11.5. The highest BCUT2D eigenvalue weighted by Gasteiger charge is 2.28. The summed E-state index contributed by atoms with van der Waals surface area (Å²) in [7, 11) is 0. The summed E-state index contributed by atoms with van der Waals surface area (Å²) < 4.78 is 0. The molecule has 6 nitrogen and oxygen atoms in total. The number of aliphatic hydroxyl groups is 3. The maximum atomic E-state index is 9.15. The first kappa shape index (κ1) is 12.7. The van der Waals surface area contributed by atoms with Crippen molar-refractivity contribution in [1.82, 2.24) is 4.98 Å². The van der Waals surface area contributed by atoms with Gasteiger partial charge in [0.15, 0.2) is 0 Å². The van der Waals surface area contributed by atoms with Crippen molar-refractivity contribution in [2.45, 2.75) is 12.5 Å². The Balaban J connectivity index is 2.93. The van der Waals surface area contributed by atoms with E-state index in [1.807, 2.05) is 0 Å². The zero-order valence-electron chi connectivity index (χ0n) is 9.14. The molecular formula is C10H17N3O3. The van der Waals surface area contributed by atoms with Gasteiger partial charge in [-0.2, -0.15) is 0 Å². The van der Waals surface area contributed by atoms with Crippen LogP contribution in [0.25, 0.3) is 0 Å². The summed E-state index contributed by atoms with van der Waals surface area (Å²) in [6.07, 6.45) is 1.46. The molecule has 0 spiro atoms. The van der Waals surface area contributed by atoms with Crippen LogP contribution in [0.2, 0.25) is 0 Å². The number of nitrogens with two attached hydrogens (primary N) is 1. The van der Waals surface area contributed by atoms with Crippen LogP contribution in [0.4, 0.5) is 11.5 Å². The van der Waals surface area contributed by atoms with Crippen molar-refractivity contribution in [3.8, 4) is 0 Å². The molecule has 0 aliphatic rings. The van der Waals surface area contributed by atoms with E-state index in [0.29, 0.717) is 11.5 Å². The average Bonchev–Trinajstić information content (AvgIpc) is 2.29. The summed E-state index contributed by atoms with van der Waals surface area (Å²) in [5.41, 5.74) is 5.69. The molecule has 0 unspecified atom stereocenters. The minimum absolute atomic E-state index is 0.397. The van der Waals surface area contributed by atoms with Gasteiger partial charge in [-0.3, -0.25) is 0 Å². The summed E-state index contributed by atoms with van der Waals surface area (Å²) in [5.74, 6) is 0.478. The van der Waals surface area contributed by atoms with Crippen LogP contribution in [0.5, 0.6) is 0 Å². The predicted octanol–water partition coefficient (Wildman–Crippen LogP) is -0.900. The fourth-order valence-electron chi connectivity index (χ4n) is 1.25. The Hall–Kier alpha value is -1.37. The highest BCUT2D eigenvalue weighted by molar-refractivity contribution is 5.52. The van der Waals surface area contributed by atoms with Crippen molar-refractivity contribution in [3.63, 3.8) is 0 Å². The fraction of sp³-hybridized carbons (Fsp3) is 0.500. The van der Waals surface area contributed by atoms with Crippen LogP contribution in [-0.4, -0.2) is 45.7 Å². The van der Waals surface area contributed by atoms with Crippen LogP contribution < -0.4 is 11.1 Å². The molecule has 90 valence electrons. The number of nitrogens with zero attached hydrogens (tertiary/aromatic N) is 1. The third-order valence-electron chi connectivity index (χ3n) is 2.39. The number of anilines is 2. The quantitative estimate of drug-likeness (QED) is 0.446. The molecule has 0 radical (unpaired) electrons. The van der Waals surface area contributed by atoms with E-state index in [0.717, 1.165) is 5.56 Å². The predicted molar refractivity (Wildman–Crippen MR) is 61.0 cm³/mol. The van der Waals surface area contributed by atoms with E-state index in [4.69, 9.17) is 21.1 Å². The van der Waals surface area contributed by atoms with Crippen LogP contribution in [0, 0.1) is 6.92 Å². The minimum atomic E-state index is -1.17. The minimum Gasteiger partial charge on any atom is -0.397 e. The van der Waals surface area contributed by atoms with Crippen molar-refractivity contribution < 1.29 is 15.3 Å². The monoisotopic (exact) mass is 227 g/mol. The van der Waals surface area contributed by atoms with Crippen LogP contribution >= 0.6 is 0 Å². The Morgan fingerprint density at radius 1 is 1.31 bits per heavy atom. The maximum absolute atomic E-state index is 9.15. The Morgan fingerprint density at radius 2 is 1.88 bits per heavy atom. The van der Waals surface area contributed by atoms with Crippen molar-refractivity contribution in [3.05, 3.63) is 17.8 Å². The first-order valence-electron chi connectivity index (χ1n) is 4.90. The zero-order valence-corrected chi connectivity index (χ0v) is 9.14. The van der Waals surface area contributed by atoms with Crippen molar-refractivity contribution in [1.29, 1.82) is 0 Å². The van der Waals surface area contributed by atoms with Crippen molar-refractivity contribution in [2.24, 2.45) is 0 Å². The summed E-state index contributed by atoms with van der Waals surface area (Å²) in [6, 6.07) is 1.71. The molecule has 0 aliphatic carbocycles. The van der Waals surface area contributed by atoms with Gasteiger partial charge in [0.25, 0.3) is 0 Å². The Labute approximate surface area is 93.7 Å². The Kier molecular flexibility index (Phi) is 4.05. The van der Waals surface area contributed by atoms with Gasteiger partial charge in [0, 0.05) is 0 Å². The molecule has 0 atom stereocenters. The number of nitrogen functional groups attached to an aromatic ring is 1. The third-order valence-corrected chi connectivity index (χ3v) is 2.39. The lowest BCUT2D eigenvalue weighted by Gasteiger charge is -2.29. The first-order chi connectivity index (χ1) is 7.56. The molecule has 1 rings (SSSR count). The van der Waals surface area contributed by atoms with Crippen molar-refractivity contribution >= 4 is 11.5 Å². The molecule has 6 heteroatoms. The smallest absolute Gasteiger partial charge is 0.129 e. The van der Waals surface area contributed by atoms with Gasteiger partial charge in [0.05, 0.1) is 31.7 Å². The number of aryl methyl sites for hydroxylation is 1. The van der Waals surface area contributed by atoms with E-state index >= 15 is 0 Å². The highest BCUT2D eigenvalue weighted by Crippen LogP contribution is 2.18. The topological polar surface area (TPSA) is 112 Å². The van der Waals surface area contributed by atoms with E-state index in [-0.39, 0.29) is 0 Å². The molecule has 0 saturated heterocycles. The highest BCUT2D eigenvalue weighted by atomic mass is 16.3. The van der Waals surface area contributed by atoms with Gasteiger partial charge in [0.1, 0.15) is 11.4 Å². The molecule has 0 aromatic carbocycles. The average molecular weight is 227 g/mol. The molecule has 0 amide bonds. The summed E-state index contributed by atoms with van der Waals surface area (Å²) in [5, 5.41) is 30.3. The lowest BCUT2D eigenvalue weighted by atomic mass is 10.0. The van der Waals surface area contributed by atoms with Crippen LogP contribution in [0.15, 0.2) is 12.3 Å². The van der Waals surface area contributed by atoms with Crippen LogP contribution in [-0.2, 0) is 0 Å². The number of hydrogen-bond acceptors (Lipinski definition) is 6.